The molecule has 0 aliphatic carbocycles. The molecular weight excluding hydrogens is 278 g/mol. The molecule has 114 valence electrons. The number of halogens is 1. The fraction of sp³-hybridized carbons (Fsp3) is 0.600. The summed E-state index contributed by atoms with van der Waals surface area (Å²) in [5.41, 5.74) is 1.12. The molecule has 1 rings (SSSR count). The Kier molecular flexibility index (Phi) is 7.92. The van der Waals surface area contributed by atoms with Crippen LogP contribution in [0, 0.1) is 0 Å². The number of benzene rings is 1. The van der Waals surface area contributed by atoms with E-state index in [2.05, 4.69) is 19.2 Å². The number of aliphatic hydroxyl groups is 1. The number of nitrogens with one attached hydrogen (secondary N) is 1. The minimum atomic E-state index is -0.652. The molecule has 4 nitrogen and oxygen atoms in total. The summed E-state index contributed by atoms with van der Waals surface area (Å²) in [6, 6.07) is 5.96. The maximum absolute atomic E-state index is 9.54. The first kappa shape index (κ1) is 17.2. The minimum Gasteiger partial charge on any atom is -0.489 e. The zero-order valence-electron chi connectivity index (χ0n) is 12.4. The molecule has 0 saturated heterocycles. The van der Waals surface area contributed by atoms with Gasteiger partial charge < -0.3 is 19.9 Å². The summed E-state index contributed by atoms with van der Waals surface area (Å²) in [7, 11) is 1.54. The molecule has 5 heteroatoms. The molecule has 20 heavy (non-hydrogen) atoms. The smallest absolute Gasteiger partial charge is 0.138 e. The van der Waals surface area contributed by atoms with E-state index in [-0.39, 0.29) is 19.3 Å². The lowest BCUT2D eigenvalue weighted by Crippen LogP contribution is -2.22. The van der Waals surface area contributed by atoms with Gasteiger partial charge in [0.05, 0.1) is 11.6 Å². The molecule has 1 aromatic rings. The molecule has 0 radical (unpaired) electrons. The first-order valence-electron chi connectivity index (χ1n) is 6.91. The van der Waals surface area contributed by atoms with Crippen LogP contribution in [0.25, 0.3) is 0 Å². The molecule has 0 heterocycles. The van der Waals surface area contributed by atoms with Crippen LogP contribution in [0.15, 0.2) is 18.2 Å². The highest BCUT2D eigenvalue weighted by atomic mass is 35.5. The third-order valence-corrected chi connectivity index (χ3v) is 3.24. The Morgan fingerprint density at radius 2 is 2.10 bits per heavy atom. The Morgan fingerprint density at radius 3 is 2.70 bits per heavy atom. The first-order valence-corrected chi connectivity index (χ1v) is 7.28. The standard InChI is InChI=1S/C15H24ClNO3/c1-4-7-17-11(2)12-5-6-15(14(16)8-12)20-10-13(18)9-19-3/h5-6,8,11,13,17-18H,4,7,9-10H2,1-3H3. The van der Waals surface area contributed by atoms with Crippen LogP contribution < -0.4 is 10.1 Å². The molecule has 2 N–H and O–H groups in total. The van der Waals surface area contributed by atoms with Gasteiger partial charge in [-0.15, -0.1) is 0 Å². The second-order valence-corrected chi connectivity index (χ2v) is 5.19. The van der Waals surface area contributed by atoms with Crippen LogP contribution >= 0.6 is 11.6 Å². The van der Waals surface area contributed by atoms with Crippen LogP contribution in [-0.4, -0.2) is 38.1 Å². The van der Waals surface area contributed by atoms with Crippen molar-refractivity contribution in [2.45, 2.75) is 32.4 Å². The Morgan fingerprint density at radius 1 is 1.35 bits per heavy atom. The van der Waals surface area contributed by atoms with Gasteiger partial charge in [0.25, 0.3) is 0 Å². The van der Waals surface area contributed by atoms with E-state index < -0.39 is 6.10 Å². The molecule has 0 fully saturated rings. The molecule has 0 aliphatic heterocycles. The van der Waals surface area contributed by atoms with Crippen molar-refractivity contribution in [3.63, 3.8) is 0 Å². The highest BCUT2D eigenvalue weighted by molar-refractivity contribution is 6.32. The van der Waals surface area contributed by atoms with Gasteiger partial charge >= 0.3 is 0 Å². The number of rotatable bonds is 9. The largest absolute Gasteiger partial charge is 0.489 e. The van der Waals surface area contributed by atoms with E-state index in [1.165, 1.54) is 7.11 Å². The Labute approximate surface area is 126 Å². The van der Waals surface area contributed by atoms with Crippen molar-refractivity contribution in [1.29, 1.82) is 0 Å². The lowest BCUT2D eigenvalue weighted by Gasteiger charge is -2.16. The average Bonchev–Trinajstić information content (AvgIpc) is 2.43. The fourth-order valence-electron chi connectivity index (χ4n) is 1.81. The van der Waals surface area contributed by atoms with Crippen molar-refractivity contribution in [3.8, 4) is 5.75 Å². The zero-order valence-corrected chi connectivity index (χ0v) is 13.1. The number of methoxy groups -OCH3 is 1. The molecule has 0 aromatic heterocycles. The summed E-state index contributed by atoms with van der Waals surface area (Å²) in [4.78, 5) is 0. The normalized spacial score (nSPS) is 14.1. The lowest BCUT2D eigenvalue weighted by molar-refractivity contribution is 0.0326. The van der Waals surface area contributed by atoms with Gasteiger partial charge in [-0.05, 0) is 37.6 Å². The topological polar surface area (TPSA) is 50.7 Å². The van der Waals surface area contributed by atoms with Crippen LogP contribution in [0.1, 0.15) is 31.9 Å². The van der Waals surface area contributed by atoms with Crippen molar-refractivity contribution in [1.82, 2.24) is 5.32 Å². The Hall–Kier alpha value is -0.810. The van der Waals surface area contributed by atoms with Crippen molar-refractivity contribution >= 4 is 11.6 Å². The second-order valence-electron chi connectivity index (χ2n) is 4.79. The summed E-state index contributed by atoms with van der Waals surface area (Å²) in [5.74, 6) is 0.577. The highest BCUT2D eigenvalue weighted by Gasteiger charge is 2.10. The van der Waals surface area contributed by atoms with Gasteiger partial charge in [-0.3, -0.25) is 0 Å². The van der Waals surface area contributed by atoms with E-state index in [0.717, 1.165) is 18.5 Å². The lowest BCUT2D eigenvalue weighted by atomic mass is 10.1. The van der Waals surface area contributed by atoms with Crippen LogP contribution in [-0.2, 0) is 4.74 Å². The summed E-state index contributed by atoms with van der Waals surface area (Å²) in [5, 5.41) is 13.5. The number of aliphatic hydroxyl groups excluding tert-OH is 1. The average molecular weight is 302 g/mol. The molecule has 0 aliphatic rings. The molecular formula is C15H24ClNO3. The predicted octanol–water partition coefficient (Wildman–Crippen LogP) is 2.79. The fourth-order valence-corrected chi connectivity index (χ4v) is 2.05. The van der Waals surface area contributed by atoms with Gasteiger partial charge in [0, 0.05) is 13.2 Å². The predicted molar refractivity (Wildman–Crippen MR) is 81.5 cm³/mol. The second kappa shape index (κ2) is 9.19. The third kappa shape index (κ3) is 5.67. The SMILES string of the molecule is CCCNC(C)c1ccc(OCC(O)COC)c(Cl)c1. The Bertz CT molecular complexity index is 401. The van der Waals surface area contributed by atoms with Crippen LogP contribution in [0.4, 0.5) is 0 Å². The van der Waals surface area contributed by atoms with Gasteiger partial charge in [-0.1, -0.05) is 24.6 Å². The molecule has 0 spiro atoms. The van der Waals surface area contributed by atoms with Gasteiger partial charge in [0.2, 0.25) is 0 Å². The molecule has 2 unspecified atom stereocenters. The van der Waals surface area contributed by atoms with E-state index in [4.69, 9.17) is 21.1 Å². The van der Waals surface area contributed by atoms with E-state index in [0.29, 0.717) is 10.8 Å². The van der Waals surface area contributed by atoms with E-state index in [9.17, 15) is 5.11 Å². The molecule has 0 saturated carbocycles. The first-order chi connectivity index (χ1) is 9.58. The summed E-state index contributed by atoms with van der Waals surface area (Å²) in [6.45, 7) is 5.61. The molecule has 0 amide bonds. The number of hydrogen-bond acceptors (Lipinski definition) is 4. The van der Waals surface area contributed by atoms with Gasteiger partial charge in [0.15, 0.2) is 0 Å². The summed E-state index contributed by atoms with van der Waals surface area (Å²) < 4.78 is 10.3. The highest BCUT2D eigenvalue weighted by Crippen LogP contribution is 2.28. The quantitative estimate of drug-likeness (QED) is 0.736. The van der Waals surface area contributed by atoms with E-state index in [1.807, 2.05) is 18.2 Å². The maximum Gasteiger partial charge on any atom is 0.138 e. The van der Waals surface area contributed by atoms with Crippen molar-refractivity contribution in [2.75, 3.05) is 26.9 Å². The maximum atomic E-state index is 9.54. The molecule has 2 atom stereocenters. The number of hydrogen-bond donors (Lipinski definition) is 2. The van der Waals surface area contributed by atoms with E-state index >= 15 is 0 Å². The van der Waals surface area contributed by atoms with Gasteiger partial charge in [0.1, 0.15) is 18.5 Å². The van der Waals surface area contributed by atoms with Crippen LogP contribution in [0.5, 0.6) is 5.75 Å². The van der Waals surface area contributed by atoms with Crippen LogP contribution in [0.2, 0.25) is 5.02 Å². The van der Waals surface area contributed by atoms with Gasteiger partial charge in [-0.2, -0.15) is 0 Å². The molecule has 1 aromatic carbocycles. The zero-order chi connectivity index (χ0) is 15.0. The van der Waals surface area contributed by atoms with Crippen molar-refractivity contribution in [3.05, 3.63) is 28.8 Å². The minimum absolute atomic E-state index is 0.163. The monoisotopic (exact) mass is 301 g/mol. The van der Waals surface area contributed by atoms with Crippen LogP contribution in [0.3, 0.4) is 0 Å². The van der Waals surface area contributed by atoms with Crippen molar-refractivity contribution < 1.29 is 14.6 Å². The van der Waals surface area contributed by atoms with E-state index in [1.54, 1.807) is 0 Å². The third-order valence-electron chi connectivity index (χ3n) is 2.95. The number of ether oxygens (including phenoxy) is 2. The Balaban J connectivity index is 2.59. The molecule has 0 bridgehead atoms. The van der Waals surface area contributed by atoms with Gasteiger partial charge in [-0.25, -0.2) is 0 Å². The summed E-state index contributed by atoms with van der Waals surface area (Å²) >= 11 is 6.20. The summed E-state index contributed by atoms with van der Waals surface area (Å²) in [6.07, 6.45) is 0.442. The van der Waals surface area contributed by atoms with Crippen molar-refractivity contribution in [2.24, 2.45) is 0 Å².